The molecule has 0 spiro atoms. The lowest BCUT2D eigenvalue weighted by Crippen LogP contribution is -2.38. The van der Waals surface area contributed by atoms with E-state index < -0.39 is 26.0 Å². The average molecular weight is 417 g/mol. The highest BCUT2D eigenvalue weighted by molar-refractivity contribution is 7.94. The zero-order valence-corrected chi connectivity index (χ0v) is 17.1. The van der Waals surface area contributed by atoms with Gasteiger partial charge in [0.25, 0.3) is 0 Å². The Hall–Kier alpha value is -1.65. The first-order valence-electron chi connectivity index (χ1n) is 8.99. The molecule has 0 aromatic heterocycles. The predicted octanol–water partition coefficient (Wildman–Crippen LogP) is 1.57. The first-order valence-corrected chi connectivity index (χ1v) is 12.0. The molecule has 8 nitrogen and oxygen atoms in total. The van der Waals surface area contributed by atoms with Gasteiger partial charge < -0.3 is 4.74 Å². The minimum atomic E-state index is -3.87. The van der Waals surface area contributed by atoms with Crippen molar-refractivity contribution in [3.05, 3.63) is 18.2 Å². The number of sulfonamides is 2. The fourth-order valence-electron chi connectivity index (χ4n) is 3.33. The lowest BCUT2D eigenvalue weighted by Gasteiger charge is -2.30. The monoisotopic (exact) mass is 416 g/mol. The Bertz CT molecular complexity index is 934. The maximum atomic E-state index is 13.2. The quantitative estimate of drug-likeness (QED) is 0.722. The van der Waals surface area contributed by atoms with Crippen LogP contribution in [0.1, 0.15) is 33.1 Å². The van der Waals surface area contributed by atoms with E-state index in [0.29, 0.717) is 23.3 Å². The molecule has 2 saturated heterocycles. The van der Waals surface area contributed by atoms with Crippen LogP contribution in [0.25, 0.3) is 0 Å². The first kappa shape index (κ1) is 20.1. The van der Waals surface area contributed by atoms with Gasteiger partial charge in [-0.2, -0.15) is 4.31 Å². The molecule has 0 aliphatic carbocycles. The third-order valence-electron chi connectivity index (χ3n) is 4.90. The molecule has 2 heterocycles. The minimum Gasteiger partial charge on any atom is -0.492 e. The number of carbonyl (C=O) groups is 1. The lowest BCUT2D eigenvalue weighted by molar-refractivity contribution is -0.116. The third kappa shape index (κ3) is 3.83. The molecule has 0 N–H and O–H groups in total. The van der Waals surface area contributed by atoms with Crippen molar-refractivity contribution in [1.29, 1.82) is 0 Å². The van der Waals surface area contributed by atoms with Crippen LogP contribution in [0.2, 0.25) is 0 Å². The van der Waals surface area contributed by atoms with Gasteiger partial charge in [-0.05, 0) is 43.9 Å². The highest BCUT2D eigenvalue weighted by Gasteiger charge is 2.38. The van der Waals surface area contributed by atoms with Crippen molar-refractivity contribution in [2.45, 2.75) is 38.0 Å². The summed E-state index contributed by atoms with van der Waals surface area (Å²) in [4.78, 5) is 12.0. The average Bonchev–Trinajstić information content (AvgIpc) is 2.89. The normalized spacial score (nSPS) is 21.6. The number of ether oxygens (including phenoxy) is 1. The number of benzene rings is 1. The smallest absolute Gasteiger partial charge is 0.246 e. The fourth-order valence-corrected chi connectivity index (χ4v) is 6.40. The largest absolute Gasteiger partial charge is 0.492 e. The highest BCUT2D eigenvalue weighted by atomic mass is 32.2. The van der Waals surface area contributed by atoms with Crippen LogP contribution in [0.3, 0.4) is 0 Å². The van der Waals surface area contributed by atoms with Crippen LogP contribution in [0, 0.1) is 5.92 Å². The molecular weight excluding hydrogens is 392 g/mol. The highest BCUT2D eigenvalue weighted by Crippen LogP contribution is 2.35. The second kappa shape index (κ2) is 7.40. The summed E-state index contributed by atoms with van der Waals surface area (Å²) in [5, 5.41) is 0. The van der Waals surface area contributed by atoms with E-state index >= 15 is 0 Å². The number of anilines is 1. The molecule has 0 radical (unpaired) electrons. The zero-order valence-electron chi connectivity index (χ0n) is 15.4. The molecule has 0 saturated carbocycles. The molecule has 0 unspecified atom stereocenters. The van der Waals surface area contributed by atoms with Gasteiger partial charge in [-0.3, -0.25) is 4.79 Å². The lowest BCUT2D eigenvalue weighted by atomic mass is 10.0. The summed E-state index contributed by atoms with van der Waals surface area (Å²) < 4.78 is 58.3. The number of piperidine rings is 1. The van der Waals surface area contributed by atoms with Gasteiger partial charge in [-0.15, -0.1) is 0 Å². The Balaban J connectivity index is 2.06. The summed E-state index contributed by atoms with van der Waals surface area (Å²) in [6.45, 7) is 4.89. The fraction of sp³-hybridized carbons (Fsp3) is 0.588. The van der Waals surface area contributed by atoms with Gasteiger partial charge in [0.15, 0.2) is 0 Å². The van der Waals surface area contributed by atoms with E-state index in [1.165, 1.54) is 22.5 Å². The topological polar surface area (TPSA) is 101 Å². The molecule has 1 aromatic carbocycles. The molecule has 2 aliphatic rings. The van der Waals surface area contributed by atoms with E-state index in [4.69, 9.17) is 4.74 Å². The summed E-state index contributed by atoms with van der Waals surface area (Å²) in [5.74, 6) is -0.217. The van der Waals surface area contributed by atoms with Crippen molar-refractivity contribution in [2.75, 3.05) is 29.8 Å². The van der Waals surface area contributed by atoms with Crippen LogP contribution < -0.4 is 9.04 Å². The SMILES string of the molecule is CCOc1ccc(N2C(=O)CCS2(=O)=O)cc1S(=O)(=O)N1CCC(C)CC1. The van der Waals surface area contributed by atoms with Crippen LogP contribution in [0.4, 0.5) is 5.69 Å². The van der Waals surface area contributed by atoms with Gasteiger partial charge >= 0.3 is 0 Å². The standard InChI is InChI=1S/C17H24N2O6S2/c1-3-25-15-5-4-14(19-17(20)8-11-26(19,21)22)12-16(15)27(23,24)18-9-6-13(2)7-10-18/h4-5,12-13H,3,6-11H2,1-2H3. The molecule has 2 fully saturated rings. The summed E-state index contributed by atoms with van der Waals surface area (Å²) >= 11 is 0. The Labute approximate surface area is 160 Å². The molecule has 0 atom stereocenters. The minimum absolute atomic E-state index is 0.0323. The van der Waals surface area contributed by atoms with Crippen LogP contribution in [-0.4, -0.2) is 52.5 Å². The van der Waals surface area contributed by atoms with Crippen LogP contribution in [-0.2, 0) is 24.8 Å². The van der Waals surface area contributed by atoms with Crippen molar-refractivity contribution in [3.8, 4) is 5.75 Å². The molecule has 150 valence electrons. The molecule has 1 aromatic rings. The van der Waals surface area contributed by atoms with E-state index in [2.05, 4.69) is 6.92 Å². The number of hydrogen-bond donors (Lipinski definition) is 0. The maximum absolute atomic E-state index is 13.2. The molecule has 0 bridgehead atoms. The Morgan fingerprint density at radius 3 is 2.44 bits per heavy atom. The van der Waals surface area contributed by atoms with Gasteiger partial charge in [-0.1, -0.05) is 6.92 Å². The summed E-state index contributed by atoms with van der Waals surface area (Å²) in [7, 11) is -7.64. The summed E-state index contributed by atoms with van der Waals surface area (Å²) in [6, 6.07) is 4.06. The predicted molar refractivity (Wildman–Crippen MR) is 101 cm³/mol. The van der Waals surface area contributed by atoms with E-state index in [1.54, 1.807) is 6.92 Å². The molecule has 2 aliphatic heterocycles. The molecule has 1 amide bonds. The van der Waals surface area contributed by atoms with Gasteiger partial charge in [0, 0.05) is 19.5 Å². The van der Waals surface area contributed by atoms with Gasteiger partial charge in [0.1, 0.15) is 10.6 Å². The Morgan fingerprint density at radius 1 is 1.22 bits per heavy atom. The van der Waals surface area contributed by atoms with Crippen molar-refractivity contribution in [2.24, 2.45) is 5.92 Å². The Kier molecular flexibility index (Phi) is 5.51. The van der Waals surface area contributed by atoms with E-state index in [-0.39, 0.29) is 35.1 Å². The number of hydrogen-bond acceptors (Lipinski definition) is 6. The van der Waals surface area contributed by atoms with Crippen molar-refractivity contribution in [3.63, 3.8) is 0 Å². The molecule has 3 rings (SSSR count). The number of amides is 1. The number of nitrogens with zero attached hydrogens (tertiary/aromatic N) is 2. The van der Waals surface area contributed by atoms with Gasteiger partial charge in [0.2, 0.25) is 26.0 Å². The van der Waals surface area contributed by atoms with Crippen LogP contribution in [0.15, 0.2) is 23.1 Å². The zero-order chi connectivity index (χ0) is 19.8. The number of carbonyl (C=O) groups excluding carboxylic acids is 1. The van der Waals surface area contributed by atoms with Crippen LogP contribution in [0.5, 0.6) is 5.75 Å². The first-order chi connectivity index (χ1) is 12.7. The molecular formula is C17H24N2O6S2. The van der Waals surface area contributed by atoms with Gasteiger partial charge in [-0.25, -0.2) is 21.1 Å². The second-order valence-corrected chi connectivity index (χ2v) is 10.7. The summed E-state index contributed by atoms with van der Waals surface area (Å²) in [6.07, 6.45) is 1.42. The summed E-state index contributed by atoms with van der Waals surface area (Å²) in [5.41, 5.74) is 0.0323. The maximum Gasteiger partial charge on any atom is 0.246 e. The second-order valence-electron chi connectivity index (χ2n) is 6.87. The Morgan fingerprint density at radius 2 is 1.89 bits per heavy atom. The van der Waals surface area contributed by atoms with Crippen molar-refractivity contribution in [1.82, 2.24) is 4.31 Å². The van der Waals surface area contributed by atoms with Crippen molar-refractivity contribution >= 4 is 31.6 Å². The molecule has 10 heteroatoms. The molecule has 27 heavy (non-hydrogen) atoms. The number of rotatable bonds is 5. The van der Waals surface area contributed by atoms with E-state index in [9.17, 15) is 21.6 Å². The van der Waals surface area contributed by atoms with Crippen molar-refractivity contribution < 1.29 is 26.4 Å². The van der Waals surface area contributed by atoms with E-state index in [0.717, 1.165) is 12.8 Å². The third-order valence-corrected chi connectivity index (χ3v) is 8.51. The van der Waals surface area contributed by atoms with E-state index in [1.807, 2.05) is 0 Å². The van der Waals surface area contributed by atoms with Gasteiger partial charge in [0.05, 0.1) is 18.0 Å². The van der Waals surface area contributed by atoms with Crippen LogP contribution >= 0.6 is 0 Å².